The molecule has 0 aromatic heterocycles. The second-order valence-electron chi connectivity index (χ2n) is 10.4. The van der Waals surface area contributed by atoms with Gasteiger partial charge in [0.05, 0.1) is 6.10 Å². The zero-order valence-electron chi connectivity index (χ0n) is 18.9. The van der Waals surface area contributed by atoms with E-state index in [1.165, 1.54) is 11.1 Å². The van der Waals surface area contributed by atoms with Gasteiger partial charge in [0.2, 0.25) is 6.79 Å². The van der Waals surface area contributed by atoms with E-state index in [0.717, 1.165) is 69.5 Å². The van der Waals surface area contributed by atoms with Crippen molar-refractivity contribution in [3.05, 3.63) is 23.3 Å². The van der Waals surface area contributed by atoms with Crippen molar-refractivity contribution < 1.29 is 23.7 Å². The normalized spacial score (nSPS) is 35.0. The molecule has 0 amide bonds. The van der Waals surface area contributed by atoms with Crippen molar-refractivity contribution in [2.24, 2.45) is 5.73 Å². The van der Waals surface area contributed by atoms with Crippen LogP contribution in [0.5, 0.6) is 11.5 Å². The summed E-state index contributed by atoms with van der Waals surface area (Å²) in [6, 6.07) is 4.28. The number of carbonyl (C=O) groups is 1. The number of carbonyl (C=O) groups excluding carboxylic acids is 1. The molecular formula is C25H34N2O5. The predicted molar refractivity (Wildman–Crippen MR) is 118 cm³/mol. The van der Waals surface area contributed by atoms with Gasteiger partial charge in [0.15, 0.2) is 11.5 Å². The van der Waals surface area contributed by atoms with Gasteiger partial charge in [-0.25, -0.2) is 0 Å². The lowest BCUT2D eigenvalue weighted by Gasteiger charge is -2.40. The van der Waals surface area contributed by atoms with Gasteiger partial charge in [-0.05, 0) is 68.3 Å². The summed E-state index contributed by atoms with van der Waals surface area (Å²) in [5.41, 5.74) is 8.15. The molecule has 1 saturated heterocycles. The van der Waals surface area contributed by atoms with Crippen LogP contribution in [0.3, 0.4) is 0 Å². The van der Waals surface area contributed by atoms with Crippen LogP contribution in [0, 0.1) is 0 Å². The Morgan fingerprint density at radius 2 is 1.88 bits per heavy atom. The summed E-state index contributed by atoms with van der Waals surface area (Å²) in [6.07, 6.45) is 8.09. The van der Waals surface area contributed by atoms with Crippen molar-refractivity contribution in [1.29, 1.82) is 0 Å². The van der Waals surface area contributed by atoms with Gasteiger partial charge in [0.1, 0.15) is 11.6 Å². The molecule has 174 valence electrons. The number of hydrogen-bond acceptors (Lipinski definition) is 7. The molecule has 4 atom stereocenters. The number of esters is 1. The Bertz CT molecular complexity index is 914. The second-order valence-corrected chi connectivity index (χ2v) is 10.4. The molecule has 1 spiro atoms. The molecule has 1 aromatic carbocycles. The first-order valence-corrected chi connectivity index (χ1v) is 12.2. The van der Waals surface area contributed by atoms with E-state index in [0.29, 0.717) is 12.8 Å². The summed E-state index contributed by atoms with van der Waals surface area (Å²) < 4.78 is 23.8. The Morgan fingerprint density at radius 3 is 2.66 bits per heavy atom. The predicted octanol–water partition coefficient (Wildman–Crippen LogP) is 2.88. The largest absolute Gasteiger partial charge is 0.458 e. The Labute approximate surface area is 189 Å². The number of hydrogen-bond donors (Lipinski definition) is 1. The molecule has 3 heterocycles. The van der Waals surface area contributed by atoms with Gasteiger partial charge in [-0.3, -0.25) is 9.69 Å². The first-order valence-electron chi connectivity index (χ1n) is 12.2. The van der Waals surface area contributed by atoms with Crippen LogP contribution in [0.2, 0.25) is 0 Å². The van der Waals surface area contributed by atoms with E-state index in [1.807, 2.05) is 0 Å². The Hall–Kier alpha value is -1.83. The fourth-order valence-electron chi connectivity index (χ4n) is 7.20. The van der Waals surface area contributed by atoms with Crippen molar-refractivity contribution in [2.75, 3.05) is 27.0 Å². The number of nitrogens with two attached hydrogens (primary N) is 1. The minimum atomic E-state index is -0.871. The quantitative estimate of drug-likeness (QED) is 0.721. The van der Waals surface area contributed by atoms with E-state index in [9.17, 15) is 4.79 Å². The average Bonchev–Trinajstić information content (AvgIpc) is 3.48. The highest BCUT2D eigenvalue weighted by molar-refractivity contribution is 5.81. The van der Waals surface area contributed by atoms with Crippen molar-refractivity contribution >= 4 is 5.97 Å². The summed E-state index contributed by atoms with van der Waals surface area (Å²) in [6.45, 7) is 2.34. The summed E-state index contributed by atoms with van der Waals surface area (Å²) in [5.74, 6) is 1.40. The second kappa shape index (κ2) is 7.61. The van der Waals surface area contributed by atoms with Gasteiger partial charge in [0, 0.05) is 25.1 Å². The number of rotatable bonds is 3. The van der Waals surface area contributed by atoms with Crippen LogP contribution >= 0.6 is 0 Å². The van der Waals surface area contributed by atoms with Crippen LogP contribution in [-0.4, -0.2) is 61.1 Å². The zero-order chi connectivity index (χ0) is 21.9. The third-order valence-electron chi connectivity index (χ3n) is 8.81. The molecule has 3 fully saturated rings. The lowest BCUT2D eigenvalue weighted by molar-refractivity contribution is -0.163. The smallest absolute Gasteiger partial charge is 0.326 e. The zero-order valence-corrected chi connectivity index (χ0v) is 18.9. The first-order chi connectivity index (χ1) is 15.5. The fourth-order valence-corrected chi connectivity index (χ4v) is 7.20. The van der Waals surface area contributed by atoms with Gasteiger partial charge < -0.3 is 24.7 Å². The van der Waals surface area contributed by atoms with Crippen molar-refractivity contribution in [1.82, 2.24) is 4.90 Å². The van der Waals surface area contributed by atoms with Crippen LogP contribution in [0.4, 0.5) is 0 Å². The molecule has 0 bridgehead atoms. The molecule has 32 heavy (non-hydrogen) atoms. The minimum Gasteiger partial charge on any atom is -0.458 e. The third kappa shape index (κ3) is 3.01. The highest BCUT2D eigenvalue weighted by Crippen LogP contribution is 2.57. The molecule has 7 nitrogen and oxygen atoms in total. The van der Waals surface area contributed by atoms with Crippen LogP contribution in [0.25, 0.3) is 0 Å². The lowest BCUT2D eigenvalue weighted by Crippen LogP contribution is -2.53. The van der Waals surface area contributed by atoms with E-state index in [1.54, 1.807) is 7.11 Å². The standard InChI is InChI=1S/C25H34N2O5/c1-29-20-14-25-9-5-10-27(25)11-6-16-12-18-19(31-15-30-18)13-17(16)21(25)22(20)32-23(28)24(26)7-3-2-4-8-24/h12-13,20-22H,2-11,14-15,26H2,1H3/t20?,21-,22-,25+/m1/s1. The van der Waals surface area contributed by atoms with Gasteiger partial charge in [-0.1, -0.05) is 19.3 Å². The molecule has 1 unspecified atom stereocenters. The number of nitrogens with zero attached hydrogens (tertiary/aromatic N) is 1. The van der Waals surface area contributed by atoms with Gasteiger partial charge in [-0.2, -0.15) is 0 Å². The Morgan fingerprint density at radius 1 is 1.09 bits per heavy atom. The highest BCUT2D eigenvalue weighted by atomic mass is 16.7. The van der Waals surface area contributed by atoms with Crippen LogP contribution in [0.15, 0.2) is 12.1 Å². The summed E-state index contributed by atoms with van der Waals surface area (Å²) in [7, 11) is 1.74. The van der Waals surface area contributed by atoms with Gasteiger partial charge in [0.25, 0.3) is 0 Å². The van der Waals surface area contributed by atoms with Crippen molar-refractivity contribution in [2.45, 2.75) is 87.0 Å². The molecule has 6 rings (SSSR count). The molecule has 0 radical (unpaired) electrons. The molecule has 1 aromatic rings. The molecule has 2 saturated carbocycles. The third-order valence-corrected chi connectivity index (χ3v) is 8.81. The first kappa shape index (κ1) is 20.8. The molecular weight excluding hydrogens is 408 g/mol. The molecule has 3 aliphatic heterocycles. The Kier molecular flexibility index (Phi) is 4.93. The highest BCUT2D eigenvalue weighted by Gasteiger charge is 2.62. The summed E-state index contributed by atoms with van der Waals surface area (Å²) >= 11 is 0. The molecule has 5 aliphatic rings. The number of methoxy groups -OCH3 is 1. The van der Waals surface area contributed by atoms with Crippen LogP contribution in [0.1, 0.15) is 68.4 Å². The number of ether oxygens (including phenoxy) is 4. The van der Waals surface area contributed by atoms with Crippen molar-refractivity contribution in [3.8, 4) is 11.5 Å². The van der Waals surface area contributed by atoms with Gasteiger partial charge >= 0.3 is 5.97 Å². The maximum absolute atomic E-state index is 13.4. The molecule has 7 heteroatoms. The Balaban J connectivity index is 1.42. The average molecular weight is 443 g/mol. The SMILES string of the molecule is COC1C[C@]23CCCN2CCc2cc4c(cc2[C@@H]3[C@@H]1OC(=O)C1(N)CCCCC1)OCO4. The topological polar surface area (TPSA) is 83.3 Å². The maximum atomic E-state index is 13.4. The fraction of sp³-hybridized carbons (Fsp3) is 0.720. The van der Waals surface area contributed by atoms with E-state index in [-0.39, 0.29) is 36.4 Å². The van der Waals surface area contributed by atoms with Crippen LogP contribution < -0.4 is 15.2 Å². The summed E-state index contributed by atoms with van der Waals surface area (Å²) in [5, 5.41) is 0. The summed E-state index contributed by atoms with van der Waals surface area (Å²) in [4.78, 5) is 16.1. The van der Waals surface area contributed by atoms with E-state index in [2.05, 4.69) is 17.0 Å². The number of fused-ring (bicyclic) bond motifs is 3. The van der Waals surface area contributed by atoms with E-state index < -0.39 is 5.54 Å². The minimum absolute atomic E-state index is 0.0399. The maximum Gasteiger partial charge on any atom is 0.326 e. The monoisotopic (exact) mass is 442 g/mol. The van der Waals surface area contributed by atoms with E-state index >= 15 is 0 Å². The van der Waals surface area contributed by atoms with Crippen LogP contribution in [-0.2, 0) is 20.7 Å². The molecule has 2 aliphatic carbocycles. The van der Waals surface area contributed by atoms with Gasteiger partial charge in [-0.15, -0.1) is 0 Å². The lowest BCUT2D eigenvalue weighted by atomic mass is 9.78. The number of benzene rings is 1. The van der Waals surface area contributed by atoms with Crippen molar-refractivity contribution in [3.63, 3.8) is 0 Å². The van der Waals surface area contributed by atoms with E-state index in [4.69, 9.17) is 24.7 Å². The molecule has 2 N–H and O–H groups in total.